The first-order valence-electron chi connectivity index (χ1n) is 8.64. The molecule has 2 atom stereocenters. The van der Waals surface area contributed by atoms with Gasteiger partial charge >= 0.3 is 0 Å². The summed E-state index contributed by atoms with van der Waals surface area (Å²) in [5.41, 5.74) is 5.79. The molecule has 2 heterocycles. The fourth-order valence-corrected chi connectivity index (χ4v) is 4.84. The molecule has 2 aliphatic heterocycles. The van der Waals surface area contributed by atoms with Crippen LogP contribution in [-0.2, 0) is 5.41 Å². The first-order chi connectivity index (χ1) is 10.9. The zero-order valence-electron chi connectivity index (χ0n) is 14.8. The number of rotatable bonds is 1. The lowest BCUT2D eigenvalue weighted by Gasteiger charge is -2.57. The van der Waals surface area contributed by atoms with Crippen LogP contribution >= 0.6 is 0 Å². The Morgan fingerprint density at radius 2 is 1.43 bits per heavy atom. The minimum Gasteiger partial charge on any atom is -0.352 e. The molecule has 0 unspecified atom stereocenters. The second kappa shape index (κ2) is 4.53. The zero-order valence-corrected chi connectivity index (χ0v) is 14.8. The Labute approximate surface area is 139 Å². The number of nitrogens with zero attached hydrogens (tertiary/aromatic N) is 2. The highest BCUT2D eigenvalue weighted by Crippen LogP contribution is 2.61. The number of anilines is 3. The van der Waals surface area contributed by atoms with Crippen LogP contribution in [0.5, 0.6) is 0 Å². The molecule has 0 spiro atoms. The van der Waals surface area contributed by atoms with Crippen LogP contribution in [0.15, 0.2) is 48.5 Å². The largest absolute Gasteiger partial charge is 0.352 e. The zero-order chi connectivity index (χ0) is 16.4. The van der Waals surface area contributed by atoms with Crippen molar-refractivity contribution in [3.05, 3.63) is 54.1 Å². The minimum atomic E-state index is 0.121. The van der Waals surface area contributed by atoms with Crippen molar-refractivity contribution in [2.45, 2.75) is 45.7 Å². The van der Waals surface area contributed by atoms with Crippen molar-refractivity contribution in [2.75, 3.05) is 16.8 Å². The van der Waals surface area contributed by atoms with Gasteiger partial charge in [0.05, 0.1) is 11.4 Å². The molecule has 4 rings (SSSR count). The molecular weight excluding hydrogens is 280 g/mol. The molecule has 2 aromatic carbocycles. The van der Waals surface area contributed by atoms with Gasteiger partial charge in [0.2, 0.25) is 0 Å². The molecule has 0 fully saturated rings. The summed E-state index contributed by atoms with van der Waals surface area (Å²) in [6.45, 7) is 9.64. The summed E-state index contributed by atoms with van der Waals surface area (Å²) in [5, 5.41) is 0. The van der Waals surface area contributed by atoms with E-state index in [1.165, 1.54) is 22.6 Å². The van der Waals surface area contributed by atoms with Crippen molar-refractivity contribution in [1.29, 1.82) is 0 Å². The summed E-state index contributed by atoms with van der Waals surface area (Å²) in [7, 11) is 2.25. The Bertz CT molecular complexity index is 764. The molecule has 2 nitrogen and oxygen atoms in total. The highest BCUT2D eigenvalue weighted by molar-refractivity contribution is 5.86. The smallest absolute Gasteiger partial charge is 0.112 e. The van der Waals surface area contributed by atoms with Crippen LogP contribution in [0.3, 0.4) is 0 Å². The van der Waals surface area contributed by atoms with Gasteiger partial charge in [-0.3, -0.25) is 0 Å². The number of benzene rings is 2. The van der Waals surface area contributed by atoms with Crippen LogP contribution in [0.1, 0.15) is 39.7 Å². The number of hydrogen-bond acceptors (Lipinski definition) is 2. The standard InChI is InChI=1S/C21H26N2/c1-6-21(4)19-22(5)17-13-9-10-14-18(17)23(19)16-12-8-7-11-15(16)20(21,2)3/h7-14,19H,6H2,1-5H3/t19-,21+/m1/s1. The summed E-state index contributed by atoms with van der Waals surface area (Å²) in [6.07, 6.45) is 1.50. The second-order valence-corrected chi connectivity index (χ2v) is 7.76. The quantitative estimate of drug-likeness (QED) is 0.704. The number of hydrogen-bond donors (Lipinski definition) is 0. The highest BCUT2D eigenvalue weighted by Gasteiger charge is 2.57. The third-order valence-electron chi connectivity index (χ3n) is 6.70. The molecule has 2 aromatic rings. The van der Waals surface area contributed by atoms with Gasteiger partial charge in [0.15, 0.2) is 0 Å². The maximum Gasteiger partial charge on any atom is 0.112 e. The van der Waals surface area contributed by atoms with Crippen LogP contribution in [0.4, 0.5) is 17.1 Å². The van der Waals surface area contributed by atoms with Gasteiger partial charge in [-0.2, -0.15) is 0 Å². The van der Waals surface area contributed by atoms with E-state index in [0.717, 1.165) is 6.42 Å². The summed E-state index contributed by atoms with van der Waals surface area (Å²) in [5.74, 6) is 0. The van der Waals surface area contributed by atoms with Crippen LogP contribution in [-0.4, -0.2) is 13.2 Å². The molecule has 0 N–H and O–H groups in total. The fraction of sp³-hybridized carbons (Fsp3) is 0.429. The highest BCUT2D eigenvalue weighted by atomic mass is 15.4. The molecule has 2 aliphatic rings. The van der Waals surface area contributed by atoms with E-state index in [2.05, 4.69) is 93.1 Å². The van der Waals surface area contributed by atoms with Gasteiger partial charge in [-0.15, -0.1) is 0 Å². The van der Waals surface area contributed by atoms with E-state index in [1.54, 1.807) is 0 Å². The van der Waals surface area contributed by atoms with Crippen molar-refractivity contribution in [2.24, 2.45) is 5.41 Å². The molecule has 0 radical (unpaired) electrons. The summed E-state index contributed by atoms with van der Waals surface area (Å²) in [6, 6.07) is 17.8. The van der Waals surface area contributed by atoms with E-state index in [9.17, 15) is 0 Å². The van der Waals surface area contributed by atoms with Crippen LogP contribution in [0.25, 0.3) is 0 Å². The van der Waals surface area contributed by atoms with Gasteiger partial charge in [0.1, 0.15) is 6.17 Å². The molecular formula is C21H26N2. The second-order valence-electron chi connectivity index (χ2n) is 7.76. The first-order valence-corrected chi connectivity index (χ1v) is 8.64. The van der Waals surface area contributed by atoms with Gasteiger partial charge in [0.25, 0.3) is 0 Å². The molecule has 0 amide bonds. The monoisotopic (exact) mass is 306 g/mol. The van der Waals surface area contributed by atoms with E-state index >= 15 is 0 Å². The van der Waals surface area contributed by atoms with E-state index in [4.69, 9.17) is 0 Å². The van der Waals surface area contributed by atoms with Gasteiger partial charge in [-0.05, 0) is 30.2 Å². The maximum absolute atomic E-state index is 2.57. The van der Waals surface area contributed by atoms with Gasteiger partial charge < -0.3 is 9.80 Å². The van der Waals surface area contributed by atoms with E-state index in [0.29, 0.717) is 6.17 Å². The molecule has 0 aromatic heterocycles. The summed E-state index contributed by atoms with van der Waals surface area (Å²) < 4.78 is 0. The van der Waals surface area contributed by atoms with E-state index < -0.39 is 0 Å². The van der Waals surface area contributed by atoms with E-state index in [1.807, 2.05) is 0 Å². The molecule has 23 heavy (non-hydrogen) atoms. The van der Waals surface area contributed by atoms with Gasteiger partial charge in [-0.25, -0.2) is 0 Å². The molecule has 0 aliphatic carbocycles. The Kier molecular flexibility index (Phi) is 2.88. The maximum atomic E-state index is 2.57. The van der Waals surface area contributed by atoms with Crippen molar-refractivity contribution in [1.82, 2.24) is 0 Å². The lowest BCUT2D eigenvalue weighted by Crippen LogP contribution is -2.61. The Hall–Kier alpha value is -1.96. The van der Waals surface area contributed by atoms with Gasteiger partial charge in [-0.1, -0.05) is 58.0 Å². The van der Waals surface area contributed by atoms with Crippen molar-refractivity contribution < 1.29 is 0 Å². The third kappa shape index (κ3) is 1.59. The molecule has 120 valence electrons. The Morgan fingerprint density at radius 3 is 2.09 bits per heavy atom. The third-order valence-corrected chi connectivity index (χ3v) is 6.70. The topological polar surface area (TPSA) is 6.48 Å². The molecule has 0 saturated heterocycles. The van der Waals surface area contributed by atoms with Crippen LogP contribution < -0.4 is 9.80 Å². The lowest BCUT2D eigenvalue weighted by molar-refractivity contribution is 0.113. The predicted molar refractivity (Wildman–Crippen MR) is 98.6 cm³/mol. The average Bonchev–Trinajstić information content (AvgIpc) is 2.87. The molecule has 0 bridgehead atoms. The number of para-hydroxylation sites is 3. The van der Waals surface area contributed by atoms with Crippen molar-refractivity contribution >= 4 is 17.1 Å². The minimum absolute atomic E-state index is 0.121. The first kappa shape index (κ1) is 14.6. The molecule has 2 heteroatoms. The van der Waals surface area contributed by atoms with Crippen LogP contribution in [0.2, 0.25) is 0 Å². The SMILES string of the molecule is CC[C@@]1(C)[C@@H]2N(C)c3ccccc3N2c2ccccc2C1(C)C. The van der Waals surface area contributed by atoms with Crippen molar-refractivity contribution in [3.63, 3.8) is 0 Å². The van der Waals surface area contributed by atoms with Crippen LogP contribution in [0, 0.1) is 5.41 Å². The van der Waals surface area contributed by atoms with E-state index in [-0.39, 0.29) is 10.8 Å². The summed E-state index contributed by atoms with van der Waals surface area (Å²) in [4.78, 5) is 5.05. The predicted octanol–water partition coefficient (Wildman–Crippen LogP) is 5.31. The average molecular weight is 306 g/mol. The lowest BCUT2D eigenvalue weighted by atomic mass is 9.57. The fourth-order valence-electron chi connectivity index (χ4n) is 4.84. The number of fused-ring (bicyclic) bond motifs is 5. The summed E-state index contributed by atoms with van der Waals surface area (Å²) >= 11 is 0. The normalized spacial score (nSPS) is 27.4. The van der Waals surface area contributed by atoms with Crippen molar-refractivity contribution in [3.8, 4) is 0 Å². The Morgan fingerprint density at radius 1 is 0.870 bits per heavy atom. The Balaban J connectivity index is 2.06. The van der Waals surface area contributed by atoms with Gasteiger partial charge in [0, 0.05) is 23.6 Å². The molecule has 0 saturated carbocycles.